The van der Waals surface area contributed by atoms with Gasteiger partial charge in [0, 0.05) is 6.04 Å². The van der Waals surface area contributed by atoms with Crippen molar-refractivity contribution in [1.29, 1.82) is 0 Å². The van der Waals surface area contributed by atoms with Crippen molar-refractivity contribution in [2.24, 2.45) is 5.92 Å². The number of nitrogens with one attached hydrogen (secondary N) is 1. The highest BCUT2D eigenvalue weighted by molar-refractivity contribution is 4.89. The lowest BCUT2D eigenvalue weighted by atomic mass is 9.78. The minimum atomic E-state index is 0.879. The standard InChI is InChI=1S/C13H28N2/c1-4-9-15(10-5-2)13-8-7-12(13)11-14-6-3/h12-14H,4-11H2,1-3H3. The minimum absolute atomic E-state index is 0.879. The van der Waals surface area contributed by atoms with Crippen LogP contribution < -0.4 is 5.32 Å². The molecule has 1 N–H and O–H groups in total. The predicted octanol–water partition coefficient (Wildman–Crippen LogP) is 2.50. The zero-order valence-electron chi connectivity index (χ0n) is 10.8. The van der Waals surface area contributed by atoms with Gasteiger partial charge in [0.25, 0.3) is 0 Å². The van der Waals surface area contributed by atoms with Gasteiger partial charge in [0.15, 0.2) is 0 Å². The predicted molar refractivity (Wildman–Crippen MR) is 67.2 cm³/mol. The molecule has 0 saturated heterocycles. The summed E-state index contributed by atoms with van der Waals surface area (Å²) in [7, 11) is 0. The Morgan fingerprint density at radius 1 is 1.07 bits per heavy atom. The van der Waals surface area contributed by atoms with Crippen LogP contribution in [0.15, 0.2) is 0 Å². The third kappa shape index (κ3) is 3.76. The second-order valence-corrected chi connectivity index (χ2v) is 4.75. The SMILES string of the molecule is CCCN(CCC)C1CCC1CNCC. The number of rotatable bonds is 8. The molecule has 1 aliphatic rings. The van der Waals surface area contributed by atoms with Crippen LogP contribution in [0.4, 0.5) is 0 Å². The van der Waals surface area contributed by atoms with E-state index in [1.54, 1.807) is 0 Å². The summed E-state index contributed by atoms with van der Waals surface area (Å²) < 4.78 is 0. The summed E-state index contributed by atoms with van der Waals surface area (Å²) in [5.74, 6) is 0.919. The molecule has 0 aromatic heterocycles. The van der Waals surface area contributed by atoms with Crippen LogP contribution in [0.2, 0.25) is 0 Å². The second kappa shape index (κ2) is 7.24. The quantitative estimate of drug-likeness (QED) is 0.665. The summed E-state index contributed by atoms with van der Waals surface area (Å²) in [6.07, 6.45) is 5.45. The van der Waals surface area contributed by atoms with Gasteiger partial charge in [-0.05, 0) is 57.8 Å². The van der Waals surface area contributed by atoms with Gasteiger partial charge < -0.3 is 10.2 Å². The normalized spacial score (nSPS) is 25.6. The smallest absolute Gasteiger partial charge is 0.0136 e. The van der Waals surface area contributed by atoms with Crippen molar-refractivity contribution in [3.63, 3.8) is 0 Å². The van der Waals surface area contributed by atoms with Crippen LogP contribution in [-0.2, 0) is 0 Å². The highest BCUT2D eigenvalue weighted by Gasteiger charge is 2.33. The van der Waals surface area contributed by atoms with Gasteiger partial charge >= 0.3 is 0 Å². The molecule has 2 nitrogen and oxygen atoms in total. The third-order valence-electron chi connectivity index (χ3n) is 3.52. The van der Waals surface area contributed by atoms with Crippen molar-refractivity contribution in [3.8, 4) is 0 Å². The van der Waals surface area contributed by atoms with E-state index in [1.165, 1.54) is 45.3 Å². The van der Waals surface area contributed by atoms with E-state index in [0.29, 0.717) is 0 Å². The maximum absolute atomic E-state index is 3.49. The maximum atomic E-state index is 3.49. The Morgan fingerprint density at radius 2 is 1.73 bits per heavy atom. The molecule has 2 atom stereocenters. The zero-order chi connectivity index (χ0) is 11.1. The van der Waals surface area contributed by atoms with E-state index >= 15 is 0 Å². The average Bonchev–Trinajstić information content (AvgIpc) is 2.17. The number of hydrogen-bond acceptors (Lipinski definition) is 2. The molecule has 1 fully saturated rings. The molecule has 2 heteroatoms. The summed E-state index contributed by atoms with van der Waals surface area (Å²) in [5.41, 5.74) is 0. The molecule has 0 heterocycles. The van der Waals surface area contributed by atoms with Crippen molar-refractivity contribution >= 4 is 0 Å². The van der Waals surface area contributed by atoms with Crippen LogP contribution >= 0.6 is 0 Å². The first-order valence-electron chi connectivity index (χ1n) is 6.78. The van der Waals surface area contributed by atoms with Gasteiger partial charge in [-0.15, -0.1) is 0 Å². The Bertz CT molecular complexity index is 153. The lowest BCUT2D eigenvalue weighted by molar-refractivity contribution is 0.0619. The van der Waals surface area contributed by atoms with Crippen molar-refractivity contribution in [1.82, 2.24) is 10.2 Å². The van der Waals surface area contributed by atoms with Gasteiger partial charge in [0.2, 0.25) is 0 Å². The van der Waals surface area contributed by atoms with Crippen LogP contribution in [0.25, 0.3) is 0 Å². The largest absolute Gasteiger partial charge is 0.317 e. The van der Waals surface area contributed by atoms with Gasteiger partial charge in [-0.2, -0.15) is 0 Å². The minimum Gasteiger partial charge on any atom is -0.317 e. The highest BCUT2D eigenvalue weighted by Crippen LogP contribution is 2.31. The van der Waals surface area contributed by atoms with E-state index in [4.69, 9.17) is 0 Å². The first-order chi connectivity index (χ1) is 7.33. The molecule has 0 amide bonds. The van der Waals surface area contributed by atoms with Crippen LogP contribution in [0.3, 0.4) is 0 Å². The van der Waals surface area contributed by atoms with Gasteiger partial charge in [-0.1, -0.05) is 20.8 Å². The van der Waals surface area contributed by atoms with Crippen molar-refractivity contribution < 1.29 is 0 Å². The van der Waals surface area contributed by atoms with E-state index in [0.717, 1.165) is 18.5 Å². The molecule has 0 aliphatic heterocycles. The van der Waals surface area contributed by atoms with Gasteiger partial charge in [-0.3, -0.25) is 0 Å². The number of nitrogens with zero attached hydrogens (tertiary/aromatic N) is 1. The molecule has 2 unspecified atom stereocenters. The van der Waals surface area contributed by atoms with Gasteiger partial charge in [0.1, 0.15) is 0 Å². The fourth-order valence-corrected chi connectivity index (χ4v) is 2.62. The summed E-state index contributed by atoms with van der Waals surface area (Å²) in [6.45, 7) is 11.7. The Labute approximate surface area is 95.4 Å². The van der Waals surface area contributed by atoms with Crippen LogP contribution in [-0.4, -0.2) is 37.1 Å². The Morgan fingerprint density at radius 3 is 2.13 bits per heavy atom. The molecule has 1 saturated carbocycles. The molecule has 1 aliphatic carbocycles. The molecule has 0 radical (unpaired) electrons. The molecule has 0 aromatic rings. The molecule has 90 valence electrons. The molecule has 0 bridgehead atoms. The molecule has 0 spiro atoms. The maximum Gasteiger partial charge on any atom is 0.0136 e. The summed E-state index contributed by atoms with van der Waals surface area (Å²) in [4.78, 5) is 2.71. The van der Waals surface area contributed by atoms with Crippen molar-refractivity contribution in [2.75, 3.05) is 26.2 Å². The van der Waals surface area contributed by atoms with Crippen molar-refractivity contribution in [2.45, 2.75) is 52.5 Å². The van der Waals surface area contributed by atoms with E-state index in [-0.39, 0.29) is 0 Å². The Hall–Kier alpha value is -0.0800. The van der Waals surface area contributed by atoms with E-state index in [1.807, 2.05) is 0 Å². The average molecular weight is 212 g/mol. The van der Waals surface area contributed by atoms with E-state index < -0.39 is 0 Å². The first kappa shape index (κ1) is 13.0. The van der Waals surface area contributed by atoms with Crippen LogP contribution in [0.5, 0.6) is 0 Å². The second-order valence-electron chi connectivity index (χ2n) is 4.75. The fourth-order valence-electron chi connectivity index (χ4n) is 2.62. The summed E-state index contributed by atoms with van der Waals surface area (Å²) >= 11 is 0. The third-order valence-corrected chi connectivity index (χ3v) is 3.52. The van der Waals surface area contributed by atoms with Gasteiger partial charge in [0.05, 0.1) is 0 Å². The molecular weight excluding hydrogens is 184 g/mol. The summed E-state index contributed by atoms with van der Waals surface area (Å²) in [5, 5.41) is 3.49. The van der Waals surface area contributed by atoms with Gasteiger partial charge in [-0.25, -0.2) is 0 Å². The fraction of sp³-hybridized carbons (Fsp3) is 1.00. The molecular formula is C13H28N2. The zero-order valence-corrected chi connectivity index (χ0v) is 10.8. The lowest BCUT2D eigenvalue weighted by Crippen LogP contribution is -2.51. The lowest BCUT2D eigenvalue weighted by Gasteiger charge is -2.44. The monoisotopic (exact) mass is 212 g/mol. The topological polar surface area (TPSA) is 15.3 Å². The molecule has 1 rings (SSSR count). The Kier molecular flexibility index (Phi) is 6.26. The van der Waals surface area contributed by atoms with Crippen LogP contribution in [0.1, 0.15) is 46.5 Å². The van der Waals surface area contributed by atoms with Crippen molar-refractivity contribution in [3.05, 3.63) is 0 Å². The first-order valence-corrected chi connectivity index (χ1v) is 6.78. The molecule has 0 aromatic carbocycles. The molecule has 15 heavy (non-hydrogen) atoms. The Balaban J connectivity index is 2.31. The van der Waals surface area contributed by atoms with Crippen LogP contribution in [0, 0.1) is 5.92 Å². The summed E-state index contributed by atoms with van der Waals surface area (Å²) in [6, 6.07) is 0.879. The highest BCUT2D eigenvalue weighted by atomic mass is 15.2. The van der Waals surface area contributed by atoms with E-state index in [9.17, 15) is 0 Å². The van der Waals surface area contributed by atoms with E-state index in [2.05, 4.69) is 31.0 Å². The number of hydrogen-bond donors (Lipinski definition) is 1.